The Balaban J connectivity index is 2.06. The molecule has 3 aromatic rings. The number of benzene rings is 2. The van der Waals surface area contributed by atoms with E-state index >= 15 is 0 Å². The molecule has 0 bridgehead atoms. The van der Waals surface area contributed by atoms with Crippen LogP contribution in [0.25, 0.3) is 10.1 Å². The van der Waals surface area contributed by atoms with Crippen LogP contribution in [0, 0.1) is 0 Å². The highest BCUT2D eigenvalue weighted by Gasteiger charge is 2.33. The van der Waals surface area contributed by atoms with E-state index in [9.17, 15) is 21.6 Å². The zero-order valence-corrected chi connectivity index (χ0v) is 16.4. The molecule has 138 valence electrons. The van der Waals surface area contributed by atoms with Crippen molar-refractivity contribution < 1.29 is 21.6 Å². The number of rotatable bonds is 5. The standard InChI is InChI=1S/C17H13BrF3NO2S2/c18-13-5-7-14(8-6-13)26(23,24)22(10-9-17(19,20)21)16-11-12-3-1-2-4-15(12)25-16/h1-8,11H,9-10H2. The molecule has 0 fully saturated rings. The maximum atomic E-state index is 13.0. The van der Waals surface area contributed by atoms with Gasteiger partial charge in [-0.25, -0.2) is 8.42 Å². The number of halogens is 4. The van der Waals surface area contributed by atoms with Crippen LogP contribution in [0.3, 0.4) is 0 Å². The molecule has 0 aliphatic rings. The molecular weight excluding hydrogens is 451 g/mol. The Bertz CT molecular complexity index is 981. The van der Waals surface area contributed by atoms with Gasteiger partial charge in [-0.05, 0) is 41.8 Å². The van der Waals surface area contributed by atoms with E-state index in [1.54, 1.807) is 42.5 Å². The molecule has 9 heteroatoms. The zero-order valence-electron chi connectivity index (χ0n) is 13.2. The Morgan fingerprint density at radius 2 is 1.69 bits per heavy atom. The van der Waals surface area contributed by atoms with Gasteiger partial charge >= 0.3 is 6.18 Å². The predicted molar refractivity (Wildman–Crippen MR) is 101 cm³/mol. The predicted octanol–water partition coefficient (Wildman–Crippen LogP) is 5.81. The minimum absolute atomic E-state index is 0.0552. The molecule has 1 aromatic heterocycles. The van der Waals surface area contributed by atoms with Crippen molar-refractivity contribution in [3.8, 4) is 0 Å². The Hall–Kier alpha value is -1.58. The van der Waals surface area contributed by atoms with Gasteiger partial charge in [0.1, 0.15) is 5.00 Å². The largest absolute Gasteiger partial charge is 0.390 e. The molecule has 0 saturated carbocycles. The van der Waals surface area contributed by atoms with E-state index in [0.717, 1.165) is 25.7 Å². The number of sulfonamides is 1. The zero-order chi connectivity index (χ0) is 18.9. The lowest BCUT2D eigenvalue weighted by molar-refractivity contribution is -0.131. The maximum absolute atomic E-state index is 13.0. The summed E-state index contributed by atoms with van der Waals surface area (Å²) in [7, 11) is -4.12. The van der Waals surface area contributed by atoms with Crippen molar-refractivity contribution in [3.05, 3.63) is 59.1 Å². The van der Waals surface area contributed by atoms with Crippen LogP contribution in [0.4, 0.5) is 18.2 Å². The second-order valence-electron chi connectivity index (χ2n) is 5.52. The van der Waals surface area contributed by atoms with Crippen LogP contribution >= 0.6 is 27.3 Å². The van der Waals surface area contributed by atoms with Crippen LogP contribution in [0.2, 0.25) is 0 Å². The SMILES string of the molecule is O=S(=O)(c1ccc(Br)cc1)N(CCC(F)(F)F)c1cc2ccccc2s1. The van der Waals surface area contributed by atoms with Gasteiger partial charge in [0.25, 0.3) is 10.0 Å². The molecular formula is C17H13BrF3NO2S2. The third-order valence-corrected chi connectivity index (χ3v) is 7.27. The number of hydrogen-bond donors (Lipinski definition) is 0. The lowest BCUT2D eigenvalue weighted by atomic mass is 10.3. The summed E-state index contributed by atoms with van der Waals surface area (Å²) in [4.78, 5) is -0.0552. The maximum Gasteiger partial charge on any atom is 0.390 e. The van der Waals surface area contributed by atoms with Gasteiger partial charge in [-0.2, -0.15) is 13.2 Å². The van der Waals surface area contributed by atoms with Crippen molar-refractivity contribution in [1.82, 2.24) is 0 Å². The summed E-state index contributed by atoms with van der Waals surface area (Å²) in [6.45, 7) is -0.672. The van der Waals surface area contributed by atoms with Gasteiger partial charge in [-0.3, -0.25) is 4.31 Å². The number of hydrogen-bond acceptors (Lipinski definition) is 3. The summed E-state index contributed by atoms with van der Waals surface area (Å²) in [6.07, 6.45) is -5.68. The van der Waals surface area contributed by atoms with Gasteiger partial charge < -0.3 is 0 Å². The second kappa shape index (κ2) is 7.21. The highest BCUT2D eigenvalue weighted by molar-refractivity contribution is 9.10. The Morgan fingerprint density at radius 1 is 1.04 bits per heavy atom. The van der Waals surface area contributed by atoms with E-state index in [4.69, 9.17) is 0 Å². The van der Waals surface area contributed by atoms with E-state index < -0.39 is 29.2 Å². The van der Waals surface area contributed by atoms with Gasteiger partial charge in [0.05, 0.1) is 11.3 Å². The highest BCUT2D eigenvalue weighted by Crippen LogP contribution is 2.36. The van der Waals surface area contributed by atoms with Crippen molar-refractivity contribution >= 4 is 52.4 Å². The van der Waals surface area contributed by atoms with Gasteiger partial charge in [0.2, 0.25) is 0 Å². The summed E-state index contributed by atoms with van der Waals surface area (Å²) in [5.41, 5.74) is 0. The topological polar surface area (TPSA) is 37.4 Å². The average Bonchev–Trinajstić information content (AvgIpc) is 2.97. The van der Waals surface area contributed by atoms with Crippen LogP contribution in [0.15, 0.2) is 64.0 Å². The average molecular weight is 464 g/mol. The lowest BCUT2D eigenvalue weighted by Gasteiger charge is -2.23. The van der Waals surface area contributed by atoms with Crippen molar-refractivity contribution in [2.45, 2.75) is 17.5 Å². The Labute approximate surface area is 161 Å². The fraction of sp³-hybridized carbons (Fsp3) is 0.176. The summed E-state index contributed by atoms with van der Waals surface area (Å²) >= 11 is 4.37. The first-order valence-electron chi connectivity index (χ1n) is 7.50. The molecule has 3 nitrogen and oxygen atoms in total. The van der Waals surface area contributed by atoms with Gasteiger partial charge in [-0.1, -0.05) is 34.1 Å². The van der Waals surface area contributed by atoms with Gasteiger partial charge in [0, 0.05) is 15.7 Å². The molecule has 0 unspecified atom stereocenters. The van der Waals surface area contributed by atoms with E-state index in [2.05, 4.69) is 15.9 Å². The fourth-order valence-electron chi connectivity index (χ4n) is 2.40. The first-order valence-corrected chi connectivity index (χ1v) is 10.6. The van der Waals surface area contributed by atoms with E-state index in [1.807, 2.05) is 0 Å². The summed E-state index contributed by atoms with van der Waals surface area (Å²) in [5.74, 6) is 0. The first-order chi connectivity index (χ1) is 12.2. The summed E-state index contributed by atoms with van der Waals surface area (Å²) < 4.78 is 66.6. The third kappa shape index (κ3) is 4.21. The molecule has 1 heterocycles. The molecule has 0 aliphatic heterocycles. The van der Waals surface area contributed by atoms with Crippen LogP contribution in [0.5, 0.6) is 0 Å². The molecule has 0 N–H and O–H groups in total. The molecule has 0 radical (unpaired) electrons. The Kier molecular flexibility index (Phi) is 5.32. The molecule has 0 amide bonds. The highest BCUT2D eigenvalue weighted by atomic mass is 79.9. The van der Waals surface area contributed by atoms with Crippen LogP contribution in [-0.2, 0) is 10.0 Å². The monoisotopic (exact) mass is 463 g/mol. The number of fused-ring (bicyclic) bond motifs is 1. The van der Waals surface area contributed by atoms with Crippen LogP contribution in [-0.4, -0.2) is 21.1 Å². The molecule has 2 aromatic carbocycles. The van der Waals surface area contributed by atoms with Gasteiger partial charge in [-0.15, -0.1) is 11.3 Å². The van der Waals surface area contributed by atoms with Crippen molar-refractivity contribution in [2.75, 3.05) is 10.8 Å². The van der Waals surface area contributed by atoms with Crippen molar-refractivity contribution in [2.24, 2.45) is 0 Å². The number of nitrogens with zero attached hydrogens (tertiary/aromatic N) is 1. The summed E-state index contributed by atoms with van der Waals surface area (Å²) in [6, 6.07) is 14.6. The van der Waals surface area contributed by atoms with Gasteiger partial charge in [0.15, 0.2) is 0 Å². The van der Waals surface area contributed by atoms with Crippen LogP contribution < -0.4 is 4.31 Å². The van der Waals surface area contributed by atoms with E-state index in [0.29, 0.717) is 4.47 Å². The quantitative estimate of drug-likeness (QED) is 0.478. The normalized spacial score (nSPS) is 12.5. The van der Waals surface area contributed by atoms with Crippen LogP contribution in [0.1, 0.15) is 6.42 Å². The fourth-order valence-corrected chi connectivity index (χ4v) is 5.42. The molecule has 0 aliphatic carbocycles. The van der Waals surface area contributed by atoms with Crippen molar-refractivity contribution in [1.29, 1.82) is 0 Å². The number of thiophene rings is 1. The first kappa shape index (κ1) is 19.2. The van der Waals surface area contributed by atoms with E-state index in [1.165, 1.54) is 12.1 Å². The van der Waals surface area contributed by atoms with E-state index in [-0.39, 0.29) is 9.90 Å². The summed E-state index contributed by atoms with van der Waals surface area (Å²) in [5, 5.41) is 1.05. The number of alkyl halides is 3. The van der Waals surface area contributed by atoms with Crippen molar-refractivity contribution in [3.63, 3.8) is 0 Å². The second-order valence-corrected chi connectivity index (χ2v) is 9.36. The minimum Gasteiger partial charge on any atom is -0.257 e. The Morgan fingerprint density at radius 3 is 2.31 bits per heavy atom. The molecule has 3 rings (SSSR count). The third-order valence-electron chi connectivity index (χ3n) is 3.66. The molecule has 26 heavy (non-hydrogen) atoms. The smallest absolute Gasteiger partial charge is 0.257 e. The molecule has 0 spiro atoms. The lowest BCUT2D eigenvalue weighted by Crippen LogP contribution is -2.33. The number of anilines is 1. The molecule has 0 atom stereocenters. The minimum atomic E-state index is -4.45. The molecule has 0 saturated heterocycles.